The molecule has 0 radical (unpaired) electrons. The van der Waals surface area contributed by atoms with Crippen molar-refractivity contribution in [3.63, 3.8) is 0 Å². The molecule has 0 fully saturated rings. The molecule has 0 aromatic heterocycles. The largest absolute Gasteiger partial charge is 0.324 e. The van der Waals surface area contributed by atoms with E-state index < -0.39 is 0 Å². The Morgan fingerprint density at radius 1 is 0.889 bits per heavy atom. The Morgan fingerprint density at radius 2 is 1.44 bits per heavy atom. The number of halogens is 1. The van der Waals surface area contributed by atoms with Crippen LogP contribution in [0.15, 0.2) is 48.5 Å². The number of hydrogen-bond acceptors (Lipinski definition) is 3. The minimum atomic E-state index is -0.206. The summed E-state index contributed by atoms with van der Waals surface area (Å²) in [7, 11) is 1.80. The number of nitrogens with one attached hydrogen (secondary N) is 3. The first-order chi connectivity index (χ1) is 12.3. The topological polar surface area (TPSA) is 70.2 Å². The zero-order chi connectivity index (χ0) is 19.2. The Hall–Kier alpha value is -2.37. The summed E-state index contributed by atoms with van der Waals surface area (Å²) in [6, 6.07) is 14.8. The van der Waals surface area contributed by atoms with Gasteiger partial charge >= 0.3 is 0 Å². The van der Waals surface area contributed by atoms with Crippen LogP contribution in [0.4, 0.5) is 11.4 Å². The maximum atomic E-state index is 12.6. The van der Waals surface area contributed by atoms with Gasteiger partial charge in [0.15, 0.2) is 0 Å². The van der Waals surface area contributed by atoms with E-state index in [2.05, 4.69) is 36.7 Å². The molecule has 5 nitrogen and oxygen atoms in total. The number of rotatable bonds is 6. The molecule has 0 saturated carbocycles. The molecule has 2 amide bonds. The number of carbonyl (C=O) groups excluding carboxylic acids is 2. The molecule has 146 valence electrons. The van der Waals surface area contributed by atoms with Crippen molar-refractivity contribution in [2.45, 2.75) is 32.6 Å². The summed E-state index contributed by atoms with van der Waals surface area (Å²) in [5.41, 5.74) is 2.96. The molecular formula is C21H28ClN3O2. The first-order valence-corrected chi connectivity index (χ1v) is 8.76. The number of carbonyl (C=O) groups is 2. The third-order valence-electron chi connectivity index (χ3n) is 4.06. The van der Waals surface area contributed by atoms with Crippen LogP contribution in [0.3, 0.4) is 0 Å². The highest BCUT2D eigenvalue weighted by Crippen LogP contribution is 2.24. The van der Waals surface area contributed by atoms with E-state index in [-0.39, 0.29) is 29.6 Å². The maximum absolute atomic E-state index is 12.6. The fourth-order valence-corrected chi connectivity index (χ4v) is 2.47. The number of para-hydroxylation sites is 2. The van der Waals surface area contributed by atoms with Gasteiger partial charge in [-0.05, 0) is 42.3 Å². The van der Waals surface area contributed by atoms with Crippen molar-refractivity contribution in [3.8, 4) is 0 Å². The zero-order valence-corrected chi connectivity index (χ0v) is 17.1. The van der Waals surface area contributed by atoms with Crippen molar-refractivity contribution in [3.05, 3.63) is 59.7 Å². The molecule has 0 spiro atoms. The van der Waals surface area contributed by atoms with E-state index in [1.165, 1.54) is 5.56 Å². The normalized spacial score (nSPS) is 10.7. The van der Waals surface area contributed by atoms with Crippen LogP contribution in [0.2, 0.25) is 0 Å². The SMILES string of the molecule is CNCCC(=O)Nc1ccccc1NC(=O)c1ccc(C(C)(C)C)cc1.Cl. The summed E-state index contributed by atoms with van der Waals surface area (Å²) in [5, 5.41) is 8.65. The van der Waals surface area contributed by atoms with E-state index >= 15 is 0 Å². The van der Waals surface area contributed by atoms with Crippen molar-refractivity contribution >= 4 is 35.6 Å². The van der Waals surface area contributed by atoms with Crippen LogP contribution >= 0.6 is 12.4 Å². The van der Waals surface area contributed by atoms with Crippen molar-refractivity contribution in [1.29, 1.82) is 0 Å². The van der Waals surface area contributed by atoms with E-state index in [1.54, 1.807) is 19.2 Å². The molecule has 0 aliphatic heterocycles. The Bertz CT molecular complexity index is 768. The maximum Gasteiger partial charge on any atom is 0.255 e. The highest BCUT2D eigenvalue weighted by Gasteiger charge is 2.15. The average Bonchev–Trinajstić information content (AvgIpc) is 2.61. The van der Waals surface area contributed by atoms with Crippen molar-refractivity contribution < 1.29 is 9.59 Å². The van der Waals surface area contributed by atoms with Crippen LogP contribution in [0.1, 0.15) is 43.1 Å². The minimum absolute atomic E-state index is 0. The first kappa shape index (κ1) is 22.7. The fraction of sp³-hybridized carbons (Fsp3) is 0.333. The molecular weight excluding hydrogens is 362 g/mol. The van der Waals surface area contributed by atoms with Crippen molar-refractivity contribution in [2.24, 2.45) is 0 Å². The van der Waals surface area contributed by atoms with Crippen LogP contribution in [0.25, 0.3) is 0 Å². The van der Waals surface area contributed by atoms with Gasteiger partial charge in [-0.25, -0.2) is 0 Å². The van der Waals surface area contributed by atoms with Gasteiger partial charge in [-0.2, -0.15) is 0 Å². The molecule has 3 N–H and O–H groups in total. The number of amides is 2. The highest BCUT2D eigenvalue weighted by molar-refractivity contribution is 6.07. The second kappa shape index (κ2) is 10.1. The molecule has 2 aromatic rings. The smallest absolute Gasteiger partial charge is 0.255 e. The molecule has 0 bridgehead atoms. The Morgan fingerprint density at radius 3 is 1.96 bits per heavy atom. The predicted octanol–water partition coefficient (Wildman–Crippen LogP) is 4.21. The summed E-state index contributed by atoms with van der Waals surface area (Å²) < 4.78 is 0. The van der Waals surface area contributed by atoms with Gasteiger partial charge < -0.3 is 16.0 Å². The molecule has 0 saturated heterocycles. The summed E-state index contributed by atoms with van der Waals surface area (Å²) in [4.78, 5) is 24.5. The standard InChI is InChI=1S/C21H27N3O2.ClH/c1-21(2,3)16-11-9-15(10-12-16)20(26)24-18-8-6-5-7-17(18)23-19(25)13-14-22-4;/h5-12,22H,13-14H2,1-4H3,(H,23,25)(H,24,26);1H. The third kappa shape index (κ3) is 6.70. The van der Waals surface area contributed by atoms with E-state index in [4.69, 9.17) is 0 Å². The Balaban J connectivity index is 0.00000364. The van der Waals surface area contributed by atoms with Crippen LogP contribution in [-0.4, -0.2) is 25.4 Å². The van der Waals surface area contributed by atoms with Gasteiger partial charge in [0.05, 0.1) is 11.4 Å². The fourth-order valence-electron chi connectivity index (χ4n) is 2.47. The molecule has 2 rings (SSSR count). The average molecular weight is 390 g/mol. The monoisotopic (exact) mass is 389 g/mol. The molecule has 6 heteroatoms. The zero-order valence-electron chi connectivity index (χ0n) is 16.3. The van der Waals surface area contributed by atoms with Gasteiger partial charge in [-0.3, -0.25) is 9.59 Å². The van der Waals surface area contributed by atoms with E-state index in [0.29, 0.717) is 29.9 Å². The quantitative estimate of drug-likeness (QED) is 0.693. The third-order valence-corrected chi connectivity index (χ3v) is 4.06. The van der Waals surface area contributed by atoms with E-state index in [1.807, 2.05) is 36.4 Å². The van der Waals surface area contributed by atoms with Gasteiger partial charge in [-0.15, -0.1) is 12.4 Å². The highest BCUT2D eigenvalue weighted by atomic mass is 35.5. The lowest BCUT2D eigenvalue weighted by molar-refractivity contribution is -0.116. The number of anilines is 2. The van der Waals surface area contributed by atoms with Gasteiger partial charge in [0.25, 0.3) is 5.91 Å². The van der Waals surface area contributed by atoms with Crippen LogP contribution in [0, 0.1) is 0 Å². The molecule has 0 aliphatic rings. The summed E-state index contributed by atoms with van der Waals surface area (Å²) in [6.07, 6.45) is 0.368. The second-order valence-electron chi connectivity index (χ2n) is 7.23. The lowest BCUT2D eigenvalue weighted by Gasteiger charge is -2.19. The molecule has 0 heterocycles. The van der Waals surface area contributed by atoms with E-state index in [9.17, 15) is 9.59 Å². The summed E-state index contributed by atoms with van der Waals surface area (Å²) in [5.74, 6) is -0.307. The van der Waals surface area contributed by atoms with Gasteiger partial charge in [0, 0.05) is 18.5 Å². The molecule has 0 aliphatic carbocycles. The molecule has 2 aromatic carbocycles. The van der Waals surface area contributed by atoms with Gasteiger partial charge in [-0.1, -0.05) is 45.0 Å². The van der Waals surface area contributed by atoms with E-state index in [0.717, 1.165) is 0 Å². The lowest BCUT2D eigenvalue weighted by Crippen LogP contribution is -2.20. The Labute approximate surface area is 167 Å². The first-order valence-electron chi connectivity index (χ1n) is 8.76. The lowest BCUT2D eigenvalue weighted by atomic mass is 9.87. The van der Waals surface area contributed by atoms with Gasteiger partial charge in [0.1, 0.15) is 0 Å². The molecule has 27 heavy (non-hydrogen) atoms. The Kier molecular flexibility index (Phi) is 8.47. The van der Waals surface area contributed by atoms with Crippen LogP contribution < -0.4 is 16.0 Å². The van der Waals surface area contributed by atoms with Crippen molar-refractivity contribution in [1.82, 2.24) is 5.32 Å². The van der Waals surface area contributed by atoms with Crippen LogP contribution in [0.5, 0.6) is 0 Å². The van der Waals surface area contributed by atoms with Crippen LogP contribution in [-0.2, 0) is 10.2 Å². The number of hydrogen-bond donors (Lipinski definition) is 3. The molecule has 0 unspecified atom stereocenters. The number of benzene rings is 2. The summed E-state index contributed by atoms with van der Waals surface area (Å²) in [6.45, 7) is 7.00. The molecule has 0 atom stereocenters. The predicted molar refractivity (Wildman–Crippen MR) is 114 cm³/mol. The minimum Gasteiger partial charge on any atom is -0.324 e. The van der Waals surface area contributed by atoms with Crippen molar-refractivity contribution in [2.75, 3.05) is 24.2 Å². The second-order valence-corrected chi connectivity index (χ2v) is 7.23. The summed E-state index contributed by atoms with van der Waals surface area (Å²) >= 11 is 0. The van der Waals surface area contributed by atoms with Gasteiger partial charge in [0.2, 0.25) is 5.91 Å².